The molecule has 1 unspecified atom stereocenters. The van der Waals surface area contributed by atoms with Crippen LogP contribution in [0.15, 0.2) is 30.5 Å². The van der Waals surface area contributed by atoms with Gasteiger partial charge in [-0.25, -0.2) is 0 Å². The maximum absolute atomic E-state index is 11.4. The molecule has 120 valence electrons. The number of carbonyl (C=O) groups excluding carboxylic acids is 1. The van der Waals surface area contributed by atoms with Crippen LogP contribution in [0, 0.1) is 0 Å². The molecule has 1 saturated heterocycles. The van der Waals surface area contributed by atoms with Crippen LogP contribution in [0.3, 0.4) is 0 Å². The number of nitrogens with one attached hydrogen (secondary N) is 2. The first-order valence-corrected chi connectivity index (χ1v) is 8.34. The normalized spacial score (nSPS) is 20.6. The van der Waals surface area contributed by atoms with Gasteiger partial charge in [0.25, 0.3) is 0 Å². The lowest BCUT2D eigenvalue weighted by Crippen LogP contribution is -2.18. The quantitative estimate of drug-likeness (QED) is 0.893. The Morgan fingerprint density at radius 1 is 1.35 bits per heavy atom. The smallest absolute Gasteiger partial charge is 0.220 e. The Bertz CT molecular complexity index is 732. The highest BCUT2D eigenvalue weighted by atomic mass is 16.1. The molecule has 1 aromatic carbocycles. The van der Waals surface area contributed by atoms with Crippen molar-refractivity contribution >= 4 is 11.6 Å². The topological polar surface area (TPSA) is 59.0 Å². The number of carbonyl (C=O) groups is 1. The van der Waals surface area contributed by atoms with E-state index in [0.717, 1.165) is 18.7 Å². The minimum Gasteiger partial charge on any atom is -0.381 e. The van der Waals surface area contributed by atoms with E-state index in [1.165, 1.54) is 29.7 Å². The molecular formula is C18H22N4O. The summed E-state index contributed by atoms with van der Waals surface area (Å²) in [5.74, 6) is 0.845. The van der Waals surface area contributed by atoms with Crippen molar-refractivity contribution in [3.05, 3.63) is 47.3 Å². The number of aromatic nitrogens is 2. The maximum atomic E-state index is 11.4. The SMILES string of the molecule is Cn1ncc(CNc2cccc(C3CCC(=O)N3)c2)c1C1CC1. The Labute approximate surface area is 136 Å². The molecule has 1 saturated carbocycles. The zero-order valence-corrected chi connectivity index (χ0v) is 13.4. The van der Waals surface area contributed by atoms with Crippen molar-refractivity contribution in [3.8, 4) is 0 Å². The molecule has 5 nitrogen and oxygen atoms in total. The van der Waals surface area contributed by atoms with Crippen molar-refractivity contribution in [2.45, 2.75) is 44.2 Å². The zero-order chi connectivity index (χ0) is 15.8. The van der Waals surface area contributed by atoms with Crippen molar-refractivity contribution in [2.24, 2.45) is 7.05 Å². The van der Waals surface area contributed by atoms with Gasteiger partial charge in [-0.3, -0.25) is 9.48 Å². The highest BCUT2D eigenvalue weighted by Gasteiger charge is 2.29. The Balaban J connectivity index is 1.46. The van der Waals surface area contributed by atoms with Crippen LogP contribution in [0.25, 0.3) is 0 Å². The number of anilines is 1. The molecule has 1 aromatic heterocycles. The summed E-state index contributed by atoms with van der Waals surface area (Å²) in [4.78, 5) is 11.4. The molecule has 1 amide bonds. The van der Waals surface area contributed by atoms with Crippen molar-refractivity contribution in [1.29, 1.82) is 0 Å². The van der Waals surface area contributed by atoms with Gasteiger partial charge in [-0.2, -0.15) is 5.10 Å². The molecule has 2 aliphatic rings. The molecule has 2 heterocycles. The minimum absolute atomic E-state index is 0.151. The van der Waals surface area contributed by atoms with E-state index in [4.69, 9.17) is 0 Å². The summed E-state index contributed by atoms with van der Waals surface area (Å²) in [5.41, 5.74) is 4.93. The summed E-state index contributed by atoms with van der Waals surface area (Å²) >= 11 is 0. The largest absolute Gasteiger partial charge is 0.381 e. The third kappa shape index (κ3) is 2.96. The summed E-state index contributed by atoms with van der Waals surface area (Å²) in [6, 6.07) is 8.51. The number of aryl methyl sites for hydroxylation is 1. The predicted molar refractivity (Wildman–Crippen MR) is 89.1 cm³/mol. The monoisotopic (exact) mass is 310 g/mol. The van der Waals surface area contributed by atoms with Gasteiger partial charge in [-0.1, -0.05) is 12.1 Å². The second-order valence-corrected chi connectivity index (χ2v) is 6.59. The van der Waals surface area contributed by atoms with Gasteiger partial charge in [0.1, 0.15) is 0 Å². The van der Waals surface area contributed by atoms with E-state index in [9.17, 15) is 4.79 Å². The van der Waals surface area contributed by atoms with E-state index in [1.807, 2.05) is 24.0 Å². The van der Waals surface area contributed by atoms with Gasteiger partial charge in [-0.15, -0.1) is 0 Å². The van der Waals surface area contributed by atoms with Crippen LogP contribution in [0.4, 0.5) is 5.69 Å². The third-order valence-electron chi connectivity index (χ3n) is 4.80. The van der Waals surface area contributed by atoms with E-state index in [1.54, 1.807) is 0 Å². The number of rotatable bonds is 5. The molecule has 1 atom stereocenters. The second kappa shape index (κ2) is 5.72. The van der Waals surface area contributed by atoms with Gasteiger partial charge < -0.3 is 10.6 Å². The highest BCUT2D eigenvalue weighted by molar-refractivity contribution is 5.78. The zero-order valence-electron chi connectivity index (χ0n) is 13.4. The fraction of sp³-hybridized carbons (Fsp3) is 0.444. The fourth-order valence-corrected chi connectivity index (χ4v) is 3.44. The summed E-state index contributed by atoms with van der Waals surface area (Å²) in [6.45, 7) is 0.792. The number of hydrogen-bond acceptors (Lipinski definition) is 3. The number of hydrogen-bond donors (Lipinski definition) is 2. The van der Waals surface area contributed by atoms with Gasteiger partial charge in [-0.05, 0) is 37.0 Å². The van der Waals surface area contributed by atoms with E-state index < -0.39 is 0 Å². The van der Waals surface area contributed by atoms with Crippen molar-refractivity contribution < 1.29 is 4.79 Å². The van der Waals surface area contributed by atoms with Gasteiger partial charge >= 0.3 is 0 Å². The third-order valence-corrected chi connectivity index (χ3v) is 4.80. The first-order chi connectivity index (χ1) is 11.2. The summed E-state index contributed by atoms with van der Waals surface area (Å²) in [7, 11) is 2.03. The molecule has 2 fully saturated rings. The standard InChI is InChI=1S/C18H22N4O/c1-22-18(12-5-6-12)14(11-20-22)10-19-15-4-2-3-13(9-15)16-7-8-17(23)21-16/h2-4,9,11-12,16,19H,5-8,10H2,1H3,(H,21,23). The molecule has 0 bridgehead atoms. The fourth-order valence-electron chi connectivity index (χ4n) is 3.44. The van der Waals surface area contributed by atoms with Crippen molar-refractivity contribution in [2.75, 3.05) is 5.32 Å². The Kier molecular flexibility index (Phi) is 3.56. The van der Waals surface area contributed by atoms with Crippen molar-refractivity contribution in [1.82, 2.24) is 15.1 Å². The second-order valence-electron chi connectivity index (χ2n) is 6.59. The van der Waals surface area contributed by atoms with Crippen LogP contribution >= 0.6 is 0 Å². The van der Waals surface area contributed by atoms with Crippen LogP contribution in [0.1, 0.15) is 54.5 Å². The Morgan fingerprint density at radius 2 is 2.22 bits per heavy atom. The van der Waals surface area contributed by atoms with E-state index in [0.29, 0.717) is 12.3 Å². The Morgan fingerprint density at radius 3 is 2.96 bits per heavy atom. The summed E-state index contributed by atoms with van der Waals surface area (Å²) in [5, 5.41) is 10.9. The maximum Gasteiger partial charge on any atom is 0.220 e. The number of amides is 1. The van der Waals surface area contributed by atoms with Crippen LogP contribution in [-0.4, -0.2) is 15.7 Å². The molecule has 5 heteroatoms. The Hall–Kier alpha value is -2.30. The molecule has 2 aromatic rings. The van der Waals surface area contributed by atoms with Crippen LogP contribution < -0.4 is 10.6 Å². The van der Waals surface area contributed by atoms with E-state index >= 15 is 0 Å². The average Bonchev–Trinajstić information content (AvgIpc) is 3.19. The van der Waals surface area contributed by atoms with Crippen LogP contribution in [0.2, 0.25) is 0 Å². The molecule has 0 spiro atoms. The van der Waals surface area contributed by atoms with E-state index in [-0.39, 0.29) is 11.9 Å². The highest BCUT2D eigenvalue weighted by Crippen LogP contribution is 2.41. The van der Waals surface area contributed by atoms with Crippen LogP contribution in [-0.2, 0) is 18.4 Å². The lowest BCUT2D eigenvalue weighted by atomic mass is 10.0. The van der Waals surface area contributed by atoms with Gasteiger partial charge in [0, 0.05) is 42.9 Å². The summed E-state index contributed by atoms with van der Waals surface area (Å²) < 4.78 is 2.01. The number of nitrogens with zero attached hydrogens (tertiary/aromatic N) is 2. The van der Waals surface area contributed by atoms with E-state index in [2.05, 4.69) is 33.9 Å². The van der Waals surface area contributed by atoms with Gasteiger partial charge in [0.2, 0.25) is 5.91 Å². The van der Waals surface area contributed by atoms with Crippen molar-refractivity contribution in [3.63, 3.8) is 0 Å². The molecule has 23 heavy (non-hydrogen) atoms. The van der Waals surface area contributed by atoms with Gasteiger partial charge in [0.05, 0.1) is 12.2 Å². The predicted octanol–water partition coefficient (Wildman–Crippen LogP) is 2.86. The van der Waals surface area contributed by atoms with Crippen LogP contribution in [0.5, 0.6) is 0 Å². The molecule has 4 rings (SSSR count). The first kappa shape index (κ1) is 14.3. The molecular weight excluding hydrogens is 288 g/mol. The molecule has 1 aliphatic heterocycles. The minimum atomic E-state index is 0.151. The first-order valence-electron chi connectivity index (χ1n) is 8.34. The molecule has 2 N–H and O–H groups in total. The van der Waals surface area contributed by atoms with Gasteiger partial charge in [0.15, 0.2) is 0 Å². The number of benzene rings is 1. The average molecular weight is 310 g/mol. The molecule has 0 radical (unpaired) electrons. The molecule has 1 aliphatic carbocycles. The lowest BCUT2D eigenvalue weighted by Gasteiger charge is -2.13. The lowest BCUT2D eigenvalue weighted by molar-refractivity contribution is -0.119. The summed E-state index contributed by atoms with van der Waals surface area (Å²) in [6.07, 6.45) is 6.05.